The van der Waals surface area contributed by atoms with Crippen LogP contribution in [0.4, 0.5) is 4.79 Å². The Morgan fingerprint density at radius 1 is 1.17 bits per heavy atom. The first-order chi connectivity index (χ1) is 11.7. The number of amides is 2. The molecule has 1 saturated carbocycles. The monoisotopic (exact) mass is 332 g/mol. The van der Waals surface area contributed by atoms with E-state index in [0.717, 1.165) is 37.0 Å². The molecule has 0 bridgehead atoms. The van der Waals surface area contributed by atoms with Gasteiger partial charge in [0.25, 0.3) is 0 Å². The minimum absolute atomic E-state index is 0.0335. The van der Waals surface area contributed by atoms with Crippen LogP contribution in [-0.4, -0.2) is 30.6 Å². The van der Waals surface area contributed by atoms with Crippen LogP contribution in [0, 0.1) is 0 Å². The van der Waals surface area contributed by atoms with Crippen molar-refractivity contribution < 1.29 is 9.53 Å². The third-order valence-electron chi connectivity index (χ3n) is 4.85. The Kier molecular flexibility index (Phi) is 8.10. The summed E-state index contributed by atoms with van der Waals surface area (Å²) < 4.78 is 5.65. The van der Waals surface area contributed by atoms with Gasteiger partial charge in [-0.15, -0.1) is 0 Å². The van der Waals surface area contributed by atoms with Gasteiger partial charge in [-0.2, -0.15) is 0 Å². The van der Waals surface area contributed by atoms with Crippen LogP contribution in [0.5, 0.6) is 0 Å². The summed E-state index contributed by atoms with van der Waals surface area (Å²) in [5.74, 6) is 0. The summed E-state index contributed by atoms with van der Waals surface area (Å²) >= 11 is 0. The van der Waals surface area contributed by atoms with E-state index in [1.165, 1.54) is 25.7 Å². The van der Waals surface area contributed by atoms with Crippen LogP contribution in [-0.2, 0) is 17.9 Å². The summed E-state index contributed by atoms with van der Waals surface area (Å²) in [5, 5.41) is 3.08. The van der Waals surface area contributed by atoms with Gasteiger partial charge in [-0.05, 0) is 30.4 Å². The van der Waals surface area contributed by atoms with Crippen molar-refractivity contribution in [3.63, 3.8) is 0 Å². The fraction of sp³-hybridized carbons (Fsp3) is 0.650. The van der Waals surface area contributed by atoms with Gasteiger partial charge in [0.15, 0.2) is 0 Å². The number of carbonyl (C=O) groups excluding carboxylic acids is 1. The van der Waals surface area contributed by atoms with Crippen molar-refractivity contribution in [3.8, 4) is 0 Å². The summed E-state index contributed by atoms with van der Waals surface area (Å²) in [6.07, 6.45) is 8.36. The topological polar surface area (TPSA) is 41.6 Å². The molecule has 4 heteroatoms. The molecule has 1 aliphatic carbocycles. The molecule has 4 nitrogen and oxygen atoms in total. The number of rotatable bonds is 7. The highest BCUT2D eigenvalue weighted by atomic mass is 16.5. The largest absolute Gasteiger partial charge is 0.377 e. The number of urea groups is 1. The highest BCUT2D eigenvalue weighted by molar-refractivity contribution is 5.74. The van der Waals surface area contributed by atoms with E-state index in [4.69, 9.17) is 4.74 Å². The Morgan fingerprint density at radius 2 is 1.83 bits per heavy atom. The second-order valence-corrected chi connectivity index (χ2v) is 6.74. The molecule has 0 unspecified atom stereocenters. The van der Waals surface area contributed by atoms with E-state index >= 15 is 0 Å². The van der Waals surface area contributed by atoms with E-state index < -0.39 is 0 Å². The van der Waals surface area contributed by atoms with Gasteiger partial charge in [-0.3, -0.25) is 0 Å². The second-order valence-electron chi connectivity index (χ2n) is 6.74. The lowest BCUT2D eigenvalue weighted by atomic mass is 10.1. The molecule has 0 aromatic heterocycles. The molecule has 1 aromatic carbocycles. The van der Waals surface area contributed by atoms with Crippen LogP contribution in [0.15, 0.2) is 24.3 Å². The summed E-state index contributed by atoms with van der Waals surface area (Å²) in [5.41, 5.74) is 2.29. The first-order valence-corrected chi connectivity index (χ1v) is 9.37. The number of hydrogen-bond donors (Lipinski definition) is 1. The number of ether oxygens (including phenoxy) is 1. The number of hydrogen-bond acceptors (Lipinski definition) is 2. The molecule has 0 spiro atoms. The molecule has 1 N–H and O–H groups in total. The van der Waals surface area contributed by atoms with Gasteiger partial charge < -0.3 is 15.0 Å². The van der Waals surface area contributed by atoms with Gasteiger partial charge in [0, 0.05) is 26.2 Å². The van der Waals surface area contributed by atoms with Crippen LogP contribution < -0.4 is 5.32 Å². The van der Waals surface area contributed by atoms with Crippen molar-refractivity contribution in [1.82, 2.24) is 10.2 Å². The molecule has 1 aromatic rings. The zero-order chi connectivity index (χ0) is 17.2. The van der Waals surface area contributed by atoms with Crippen molar-refractivity contribution >= 4 is 6.03 Å². The molecular weight excluding hydrogens is 300 g/mol. The Balaban J connectivity index is 1.86. The summed E-state index contributed by atoms with van der Waals surface area (Å²) in [6, 6.07) is 8.60. The predicted octanol–water partition coefficient (Wildman–Crippen LogP) is 4.48. The normalized spacial score (nSPS) is 15.8. The first kappa shape index (κ1) is 18.8. The molecule has 0 atom stereocenters. The van der Waals surface area contributed by atoms with Gasteiger partial charge in [0.1, 0.15) is 0 Å². The molecular formula is C20H32N2O2. The first-order valence-electron chi connectivity index (χ1n) is 9.37. The van der Waals surface area contributed by atoms with Crippen molar-refractivity contribution in [3.05, 3.63) is 35.4 Å². The highest BCUT2D eigenvalue weighted by Gasteiger charge is 2.21. The zero-order valence-electron chi connectivity index (χ0n) is 15.2. The summed E-state index contributed by atoms with van der Waals surface area (Å²) in [4.78, 5) is 14.4. The lowest BCUT2D eigenvalue weighted by molar-refractivity contribution is 0.121. The average molecular weight is 332 g/mol. The van der Waals surface area contributed by atoms with Crippen LogP contribution in [0.1, 0.15) is 63.0 Å². The molecule has 0 aliphatic heterocycles. The summed E-state index contributed by atoms with van der Waals surface area (Å²) in [7, 11) is 1.93. The minimum Gasteiger partial charge on any atom is -0.377 e. The number of nitrogens with one attached hydrogen (secondary N) is 1. The third kappa shape index (κ3) is 5.82. The van der Waals surface area contributed by atoms with E-state index in [-0.39, 0.29) is 6.03 Å². The average Bonchev–Trinajstić information content (AvgIpc) is 2.89. The number of carbonyl (C=O) groups is 1. The van der Waals surface area contributed by atoms with E-state index in [1.54, 1.807) is 0 Å². The van der Waals surface area contributed by atoms with E-state index in [9.17, 15) is 4.79 Å². The quantitative estimate of drug-likeness (QED) is 0.591. The number of benzene rings is 1. The maximum absolute atomic E-state index is 12.5. The Hall–Kier alpha value is -1.55. The third-order valence-corrected chi connectivity index (χ3v) is 4.85. The standard InChI is InChI=1S/C20H32N2O2/c1-3-14-24-16-18-11-9-8-10-17(18)15-21-20(23)22(2)19-12-6-4-5-7-13-19/h8-11,19H,3-7,12-16H2,1-2H3,(H,21,23). The molecule has 1 aliphatic rings. The minimum atomic E-state index is 0.0335. The molecule has 134 valence electrons. The van der Waals surface area contributed by atoms with Crippen molar-refractivity contribution in [2.75, 3.05) is 13.7 Å². The summed E-state index contributed by atoms with van der Waals surface area (Å²) in [6.45, 7) is 4.04. The molecule has 0 radical (unpaired) electrons. The van der Waals surface area contributed by atoms with E-state index in [2.05, 4.69) is 24.4 Å². The Bertz CT molecular complexity index is 496. The Morgan fingerprint density at radius 3 is 2.50 bits per heavy atom. The van der Waals surface area contributed by atoms with E-state index in [1.807, 2.05) is 24.1 Å². The van der Waals surface area contributed by atoms with Gasteiger partial charge in [0.05, 0.1) is 6.61 Å². The van der Waals surface area contributed by atoms with E-state index in [0.29, 0.717) is 19.2 Å². The number of nitrogens with zero attached hydrogens (tertiary/aromatic N) is 1. The van der Waals surface area contributed by atoms with Crippen LogP contribution in [0.2, 0.25) is 0 Å². The van der Waals surface area contributed by atoms with Gasteiger partial charge in [0.2, 0.25) is 0 Å². The predicted molar refractivity (Wildman–Crippen MR) is 97.9 cm³/mol. The van der Waals surface area contributed by atoms with Gasteiger partial charge in [-0.1, -0.05) is 56.9 Å². The van der Waals surface area contributed by atoms with Crippen LogP contribution in [0.3, 0.4) is 0 Å². The lowest BCUT2D eigenvalue weighted by Gasteiger charge is -2.27. The van der Waals surface area contributed by atoms with Gasteiger partial charge >= 0.3 is 6.03 Å². The molecule has 2 amide bonds. The lowest BCUT2D eigenvalue weighted by Crippen LogP contribution is -2.43. The highest BCUT2D eigenvalue weighted by Crippen LogP contribution is 2.21. The fourth-order valence-electron chi connectivity index (χ4n) is 3.30. The molecule has 0 heterocycles. The zero-order valence-corrected chi connectivity index (χ0v) is 15.2. The van der Waals surface area contributed by atoms with Crippen molar-refractivity contribution in [2.45, 2.75) is 71.1 Å². The van der Waals surface area contributed by atoms with Crippen LogP contribution in [0.25, 0.3) is 0 Å². The SMILES string of the molecule is CCCOCc1ccccc1CNC(=O)N(C)C1CCCCCC1. The van der Waals surface area contributed by atoms with Crippen molar-refractivity contribution in [2.24, 2.45) is 0 Å². The van der Waals surface area contributed by atoms with Gasteiger partial charge in [-0.25, -0.2) is 4.79 Å². The molecule has 1 fully saturated rings. The maximum Gasteiger partial charge on any atom is 0.317 e. The smallest absolute Gasteiger partial charge is 0.317 e. The van der Waals surface area contributed by atoms with Crippen molar-refractivity contribution in [1.29, 1.82) is 0 Å². The molecule has 0 saturated heterocycles. The fourth-order valence-corrected chi connectivity index (χ4v) is 3.30. The molecule has 2 rings (SSSR count). The van der Waals surface area contributed by atoms with Crippen LogP contribution >= 0.6 is 0 Å². The maximum atomic E-state index is 12.5. The Labute approximate surface area is 146 Å². The molecule has 24 heavy (non-hydrogen) atoms. The second kappa shape index (κ2) is 10.3.